The molecule has 0 spiro atoms. The Balaban J connectivity index is 1.58. The predicted molar refractivity (Wildman–Crippen MR) is 84.6 cm³/mol. The van der Waals surface area contributed by atoms with E-state index in [4.69, 9.17) is 4.74 Å². The molecule has 3 aliphatic rings. The summed E-state index contributed by atoms with van der Waals surface area (Å²) < 4.78 is 5.35. The smallest absolute Gasteiger partial charge is 0.255 e. The minimum Gasteiger partial charge on any atom is -0.379 e. The number of aliphatic hydroxyl groups is 1. The van der Waals surface area contributed by atoms with Crippen LogP contribution in [0.3, 0.4) is 0 Å². The summed E-state index contributed by atoms with van der Waals surface area (Å²) in [6, 6.07) is 0. The summed E-state index contributed by atoms with van der Waals surface area (Å²) in [5.41, 5.74) is -1.18. The molecule has 2 heterocycles. The van der Waals surface area contributed by atoms with Gasteiger partial charge in [0.05, 0.1) is 13.2 Å². The first-order valence-corrected chi connectivity index (χ1v) is 8.99. The predicted octanol–water partition coefficient (Wildman–Crippen LogP) is 1.25. The van der Waals surface area contributed by atoms with Gasteiger partial charge in [0.2, 0.25) is 0 Å². The summed E-state index contributed by atoms with van der Waals surface area (Å²) in [7, 11) is 0. The van der Waals surface area contributed by atoms with Gasteiger partial charge < -0.3 is 14.7 Å². The molecule has 1 N–H and O–H groups in total. The summed E-state index contributed by atoms with van der Waals surface area (Å²) in [6.45, 7) is 5.18. The average molecular weight is 310 g/mol. The Morgan fingerprint density at radius 1 is 1.09 bits per heavy atom. The van der Waals surface area contributed by atoms with E-state index in [1.165, 1.54) is 32.1 Å². The van der Waals surface area contributed by atoms with Crippen molar-refractivity contribution in [3.8, 4) is 0 Å². The molecule has 2 saturated heterocycles. The second-order valence-electron chi connectivity index (χ2n) is 7.28. The zero-order chi connectivity index (χ0) is 15.4. The molecule has 0 radical (unpaired) electrons. The van der Waals surface area contributed by atoms with Gasteiger partial charge in [-0.15, -0.1) is 0 Å². The quantitative estimate of drug-likeness (QED) is 0.849. The van der Waals surface area contributed by atoms with Crippen molar-refractivity contribution in [3.05, 3.63) is 0 Å². The highest BCUT2D eigenvalue weighted by atomic mass is 16.5. The molecule has 0 aromatic heterocycles. The third kappa shape index (κ3) is 3.81. The van der Waals surface area contributed by atoms with Crippen LogP contribution in [0.4, 0.5) is 0 Å². The van der Waals surface area contributed by atoms with Gasteiger partial charge in [0, 0.05) is 32.7 Å². The van der Waals surface area contributed by atoms with Crippen molar-refractivity contribution in [1.29, 1.82) is 0 Å². The fourth-order valence-electron chi connectivity index (χ4n) is 4.20. The molecular formula is C17H30N2O3. The van der Waals surface area contributed by atoms with Crippen LogP contribution in [0.15, 0.2) is 0 Å². The highest BCUT2D eigenvalue weighted by Crippen LogP contribution is 2.29. The van der Waals surface area contributed by atoms with Crippen molar-refractivity contribution < 1.29 is 14.6 Å². The van der Waals surface area contributed by atoms with Gasteiger partial charge in [-0.3, -0.25) is 9.69 Å². The monoisotopic (exact) mass is 310 g/mol. The molecule has 1 aliphatic carbocycles. The Morgan fingerprint density at radius 3 is 2.55 bits per heavy atom. The van der Waals surface area contributed by atoms with Crippen molar-refractivity contribution in [1.82, 2.24) is 9.80 Å². The van der Waals surface area contributed by atoms with Crippen molar-refractivity contribution >= 4 is 5.91 Å². The zero-order valence-corrected chi connectivity index (χ0v) is 13.6. The summed E-state index contributed by atoms with van der Waals surface area (Å²) >= 11 is 0. The molecular weight excluding hydrogens is 280 g/mol. The maximum Gasteiger partial charge on any atom is 0.255 e. The van der Waals surface area contributed by atoms with E-state index < -0.39 is 5.60 Å². The molecule has 0 unspecified atom stereocenters. The van der Waals surface area contributed by atoms with Crippen LogP contribution in [0.1, 0.15) is 44.9 Å². The molecule has 0 aromatic rings. The van der Waals surface area contributed by atoms with Crippen LogP contribution in [0.25, 0.3) is 0 Å². The standard InChI is InChI=1S/C17H30N2O3/c20-16-17(21,14-18-9-11-22-12-10-18)7-4-8-19(16)13-15-5-2-1-3-6-15/h15,21H,1-14H2/t17-/m0/s1. The number of amides is 1. The molecule has 126 valence electrons. The van der Waals surface area contributed by atoms with Gasteiger partial charge in [-0.25, -0.2) is 0 Å². The van der Waals surface area contributed by atoms with Crippen LogP contribution in [-0.2, 0) is 9.53 Å². The number of hydrogen-bond donors (Lipinski definition) is 1. The third-order valence-electron chi connectivity index (χ3n) is 5.50. The fraction of sp³-hybridized carbons (Fsp3) is 0.941. The Bertz CT molecular complexity index is 378. The Hall–Kier alpha value is -0.650. The van der Waals surface area contributed by atoms with Crippen LogP contribution in [0.2, 0.25) is 0 Å². The van der Waals surface area contributed by atoms with E-state index >= 15 is 0 Å². The van der Waals surface area contributed by atoms with E-state index in [9.17, 15) is 9.90 Å². The van der Waals surface area contributed by atoms with E-state index in [1.807, 2.05) is 4.90 Å². The van der Waals surface area contributed by atoms with E-state index in [-0.39, 0.29) is 5.91 Å². The first-order valence-electron chi connectivity index (χ1n) is 8.99. The molecule has 3 rings (SSSR count). The van der Waals surface area contributed by atoms with Gasteiger partial charge in [-0.2, -0.15) is 0 Å². The van der Waals surface area contributed by atoms with Crippen LogP contribution < -0.4 is 0 Å². The molecule has 3 fully saturated rings. The molecule has 1 atom stereocenters. The van der Waals surface area contributed by atoms with Gasteiger partial charge in [-0.05, 0) is 31.6 Å². The van der Waals surface area contributed by atoms with E-state index in [0.29, 0.717) is 32.1 Å². The number of carbonyl (C=O) groups is 1. The molecule has 2 aliphatic heterocycles. The number of piperidine rings is 1. The normalized spacial score (nSPS) is 32.4. The van der Waals surface area contributed by atoms with Gasteiger partial charge in [0.25, 0.3) is 5.91 Å². The lowest BCUT2D eigenvalue weighted by Gasteiger charge is -2.42. The Morgan fingerprint density at radius 2 is 1.82 bits per heavy atom. The van der Waals surface area contributed by atoms with Gasteiger partial charge in [-0.1, -0.05) is 19.3 Å². The van der Waals surface area contributed by atoms with Crippen molar-refractivity contribution in [2.24, 2.45) is 5.92 Å². The second kappa shape index (κ2) is 7.28. The third-order valence-corrected chi connectivity index (χ3v) is 5.50. The van der Waals surface area contributed by atoms with Gasteiger partial charge in [0.1, 0.15) is 0 Å². The number of hydrogen-bond acceptors (Lipinski definition) is 4. The summed E-state index contributed by atoms with van der Waals surface area (Å²) in [4.78, 5) is 16.9. The summed E-state index contributed by atoms with van der Waals surface area (Å²) in [5.74, 6) is 0.610. The number of β-amino-alcohol motifs (C(OH)–C–C–N with tert-alkyl or cyclic N) is 1. The molecule has 1 saturated carbocycles. The number of rotatable bonds is 4. The van der Waals surface area contributed by atoms with Crippen molar-refractivity contribution in [2.75, 3.05) is 45.9 Å². The minimum absolute atomic E-state index is 0.0317. The first kappa shape index (κ1) is 16.2. The number of ether oxygens (including phenoxy) is 1. The van der Waals surface area contributed by atoms with E-state index in [2.05, 4.69) is 4.90 Å². The van der Waals surface area contributed by atoms with Crippen molar-refractivity contribution in [2.45, 2.75) is 50.5 Å². The van der Waals surface area contributed by atoms with Crippen LogP contribution >= 0.6 is 0 Å². The molecule has 1 amide bonds. The molecule has 22 heavy (non-hydrogen) atoms. The first-order chi connectivity index (χ1) is 10.7. The molecule has 5 heteroatoms. The Kier molecular flexibility index (Phi) is 5.37. The fourth-order valence-corrected chi connectivity index (χ4v) is 4.20. The lowest BCUT2D eigenvalue weighted by atomic mass is 9.86. The average Bonchev–Trinajstić information content (AvgIpc) is 2.54. The van der Waals surface area contributed by atoms with Gasteiger partial charge in [0.15, 0.2) is 5.60 Å². The van der Waals surface area contributed by atoms with Gasteiger partial charge >= 0.3 is 0 Å². The lowest BCUT2D eigenvalue weighted by molar-refractivity contribution is -0.161. The second-order valence-corrected chi connectivity index (χ2v) is 7.28. The number of nitrogens with zero attached hydrogens (tertiary/aromatic N) is 2. The number of carbonyl (C=O) groups excluding carboxylic acids is 1. The van der Waals surface area contributed by atoms with Crippen LogP contribution in [0, 0.1) is 5.92 Å². The van der Waals surface area contributed by atoms with E-state index in [1.54, 1.807) is 0 Å². The summed E-state index contributed by atoms with van der Waals surface area (Å²) in [6.07, 6.45) is 7.93. The minimum atomic E-state index is -1.18. The van der Waals surface area contributed by atoms with Crippen LogP contribution in [-0.4, -0.2) is 72.4 Å². The maximum absolute atomic E-state index is 12.8. The van der Waals surface area contributed by atoms with E-state index in [0.717, 1.165) is 32.6 Å². The zero-order valence-electron chi connectivity index (χ0n) is 13.6. The molecule has 0 bridgehead atoms. The summed E-state index contributed by atoms with van der Waals surface area (Å²) in [5, 5.41) is 10.9. The lowest BCUT2D eigenvalue weighted by Crippen LogP contribution is -2.60. The topological polar surface area (TPSA) is 53.0 Å². The van der Waals surface area contributed by atoms with Crippen LogP contribution in [0.5, 0.6) is 0 Å². The van der Waals surface area contributed by atoms with Crippen molar-refractivity contribution in [3.63, 3.8) is 0 Å². The molecule has 5 nitrogen and oxygen atoms in total. The largest absolute Gasteiger partial charge is 0.379 e. The Labute approximate surface area is 133 Å². The number of likely N-dealkylation sites (tertiary alicyclic amines) is 1. The highest BCUT2D eigenvalue weighted by Gasteiger charge is 2.43. The SMILES string of the molecule is O=C1N(CC2CCCCC2)CCC[C@]1(O)CN1CCOCC1. The highest BCUT2D eigenvalue weighted by molar-refractivity contribution is 5.86. The maximum atomic E-state index is 12.8. The molecule has 0 aromatic carbocycles. The number of morpholine rings is 1.